The summed E-state index contributed by atoms with van der Waals surface area (Å²) < 4.78 is 13.1. The Bertz CT molecular complexity index is 1060. The molecule has 0 saturated heterocycles. The fourth-order valence-electron chi connectivity index (χ4n) is 3.53. The van der Waals surface area contributed by atoms with E-state index in [1.54, 1.807) is 0 Å². The first-order valence-corrected chi connectivity index (χ1v) is 8.70. The van der Waals surface area contributed by atoms with Gasteiger partial charge in [0.2, 0.25) is 0 Å². The Morgan fingerprint density at radius 1 is 0.963 bits per heavy atom. The van der Waals surface area contributed by atoms with Gasteiger partial charge in [0.05, 0.1) is 11.4 Å². The third-order valence-electron chi connectivity index (χ3n) is 4.81. The Balaban J connectivity index is 1.82. The number of halogens is 1. The normalized spacial score (nSPS) is 12.1. The minimum Gasteiger partial charge on any atom is -0.341 e. The van der Waals surface area contributed by atoms with E-state index < -0.39 is 5.82 Å². The van der Waals surface area contributed by atoms with Crippen LogP contribution in [0.1, 0.15) is 21.5 Å². The van der Waals surface area contributed by atoms with Gasteiger partial charge in [-0.05, 0) is 59.7 Å². The van der Waals surface area contributed by atoms with Crippen molar-refractivity contribution in [2.24, 2.45) is 0 Å². The molecule has 3 amide bonds. The smallest absolute Gasteiger partial charge is 0.319 e. The average Bonchev–Trinajstić information content (AvgIpc) is 3.09. The summed E-state index contributed by atoms with van der Waals surface area (Å²) in [6, 6.07) is 12.8. The lowest BCUT2D eigenvalue weighted by molar-refractivity contribution is 0.102. The van der Waals surface area contributed by atoms with Crippen LogP contribution in [0.3, 0.4) is 0 Å². The first kappa shape index (κ1) is 17.0. The Hall–Kier alpha value is -3.41. The van der Waals surface area contributed by atoms with Crippen molar-refractivity contribution in [2.45, 2.75) is 12.8 Å². The molecule has 27 heavy (non-hydrogen) atoms. The lowest BCUT2D eigenvalue weighted by atomic mass is 10.0. The largest absolute Gasteiger partial charge is 0.341 e. The molecule has 3 aromatic carbocycles. The highest BCUT2D eigenvalue weighted by atomic mass is 19.1. The molecule has 0 fully saturated rings. The maximum absolute atomic E-state index is 13.1. The van der Waals surface area contributed by atoms with Gasteiger partial charge in [0.25, 0.3) is 5.91 Å². The molecule has 3 N–H and O–H groups in total. The third-order valence-corrected chi connectivity index (χ3v) is 4.81. The summed E-state index contributed by atoms with van der Waals surface area (Å²) in [4.78, 5) is 24.6. The van der Waals surface area contributed by atoms with Gasteiger partial charge in [0.1, 0.15) is 5.82 Å². The molecule has 0 saturated carbocycles. The molecule has 0 aliphatic heterocycles. The zero-order valence-corrected chi connectivity index (χ0v) is 14.7. The number of anilines is 2. The highest BCUT2D eigenvalue weighted by Crippen LogP contribution is 2.40. The van der Waals surface area contributed by atoms with Crippen LogP contribution >= 0.6 is 0 Å². The second-order valence-corrected chi connectivity index (χ2v) is 6.46. The quantitative estimate of drug-likeness (QED) is 0.656. The molecule has 0 heterocycles. The molecule has 0 atom stereocenters. The van der Waals surface area contributed by atoms with Gasteiger partial charge >= 0.3 is 6.03 Å². The second kappa shape index (κ2) is 6.72. The van der Waals surface area contributed by atoms with Gasteiger partial charge in [0.15, 0.2) is 0 Å². The predicted molar refractivity (Wildman–Crippen MR) is 104 cm³/mol. The van der Waals surface area contributed by atoms with Crippen molar-refractivity contribution < 1.29 is 14.0 Å². The van der Waals surface area contributed by atoms with E-state index in [1.165, 1.54) is 36.9 Å². The molecule has 6 heteroatoms. The molecule has 1 aliphatic carbocycles. The molecular weight excluding hydrogens is 345 g/mol. The lowest BCUT2D eigenvalue weighted by Crippen LogP contribution is -2.25. The molecule has 0 spiro atoms. The summed E-state index contributed by atoms with van der Waals surface area (Å²) in [5.74, 6) is -0.771. The van der Waals surface area contributed by atoms with Crippen LogP contribution in [0.25, 0.3) is 10.8 Å². The molecular formula is C21H18FN3O2. The van der Waals surface area contributed by atoms with E-state index in [9.17, 15) is 14.0 Å². The summed E-state index contributed by atoms with van der Waals surface area (Å²) in [5, 5.41) is 10.2. The maximum atomic E-state index is 13.1. The number of benzene rings is 3. The van der Waals surface area contributed by atoms with Crippen molar-refractivity contribution in [3.63, 3.8) is 0 Å². The fraction of sp³-hybridized carbons (Fsp3) is 0.143. The minimum atomic E-state index is -0.404. The molecule has 3 aromatic rings. The molecule has 4 rings (SSSR count). The van der Waals surface area contributed by atoms with Crippen LogP contribution in [0, 0.1) is 5.82 Å². The van der Waals surface area contributed by atoms with Crippen molar-refractivity contribution in [3.8, 4) is 0 Å². The Kier molecular flexibility index (Phi) is 4.24. The first-order valence-electron chi connectivity index (χ1n) is 8.70. The third kappa shape index (κ3) is 3.10. The second-order valence-electron chi connectivity index (χ2n) is 6.46. The van der Waals surface area contributed by atoms with Gasteiger partial charge in [-0.1, -0.05) is 18.2 Å². The summed E-state index contributed by atoms with van der Waals surface area (Å²) in [7, 11) is 1.53. The summed E-state index contributed by atoms with van der Waals surface area (Å²) >= 11 is 0. The number of carbonyl (C=O) groups excluding carboxylic acids is 2. The lowest BCUT2D eigenvalue weighted by Gasteiger charge is -2.17. The SMILES string of the molecule is CNC(=O)Nc1cc2c3c(cccc3c1NC(=O)c1ccc(F)cc1)CC2. The topological polar surface area (TPSA) is 70.2 Å². The van der Waals surface area contributed by atoms with Gasteiger partial charge < -0.3 is 16.0 Å². The molecule has 0 bridgehead atoms. The monoisotopic (exact) mass is 363 g/mol. The van der Waals surface area contributed by atoms with E-state index in [2.05, 4.69) is 22.0 Å². The van der Waals surface area contributed by atoms with E-state index in [0.717, 1.165) is 29.2 Å². The van der Waals surface area contributed by atoms with Crippen molar-refractivity contribution in [1.82, 2.24) is 5.32 Å². The van der Waals surface area contributed by atoms with Gasteiger partial charge in [0, 0.05) is 18.0 Å². The fourth-order valence-corrected chi connectivity index (χ4v) is 3.53. The Morgan fingerprint density at radius 2 is 1.70 bits per heavy atom. The van der Waals surface area contributed by atoms with Gasteiger partial charge in [-0.15, -0.1) is 0 Å². The summed E-state index contributed by atoms with van der Waals surface area (Å²) in [6.45, 7) is 0. The highest BCUT2D eigenvalue weighted by Gasteiger charge is 2.21. The van der Waals surface area contributed by atoms with Crippen LogP contribution in [0.5, 0.6) is 0 Å². The molecule has 0 unspecified atom stereocenters. The standard InChI is InChI=1S/C21H18FN3O2/c1-23-21(27)24-17-11-14-6-5-12-3-2-4-16(18(12)14)19(17)25-20(26)13-7-9-15(22)10-8-13/h2-4,7-11H,5-6H2,1H3,(H,25,26)(H2,23,24,27). The molecule has 0 radical (unpaired) electrons. The van der Waals surface area contributed by atoms with Crippen LogP contribution in [0.2, 0.25) is 0 Å². The van der Waals surface area contributed by atoms with Gasteiger partial charge in [-0.2, -0.15) is 0 Å². The van der Waals surface area contributed by atoms with Crippen LogP contribution in [-0.4, -0.2) is 19.0 Å². The number of amides is 3. The van der Waals surface area contributed by atoms with E-state index >= 15 is 0 Å². The summed E-state index contributed by atoms with van der Waals surface area (Å²) in [6.07, 6.45) is 1.83. The number of aryl methyl sites for hydroxylation is 2. The number of carbonyl (C=O) groups is 2. The van der Waals surface area contributed by atoms with E-state index in [0.29, 0.717) is 16.9 Å². The van der Waals surface area contributed by atoms with E-state index in [1.807, 2.05) is 18.2 Å². The van der Waals surface area contributed by atoms with Crippen molar-refractivity contribution >= 4 is 34.1 Å². The first-order chi connectivity index (χ1) is 13.1. The zero-order valence-electron chi connectivity index (χ0n) is 14.7. The number of urea groups is 1. The van der Waals surface area contributed by atoms with Crippen molar-refractivity contribution in [2.75, 3.05) is 17.7 Å². The average molecular weight is 363 g/mol. The molecule has 0 aromatic heterocycles. The van der Waals surface area contributed by atoms with Crippen LogP contribution in [0.15, 0.2) is 48.5 Å². The highest BCUT2D eigenvalue weighted by molar-refractivity contribution is 6.15. The van der Waals surface area contributed by atoms with E-state index in [-0.39, 0.29) is 11.9 Å². The number of nitrogens with one attached hydrogen (secondary N) is 3. The number of hydrogen-bond acceptors (Lipinski definition) is 2. The van der Waals surface area contributed by atoms with Crippen LogP contribution in [-0.2, 0) is 12.8 Å². The van der Waals surface area contributed by atoms with Gasteiger partial charge in [-0.3, -0.25) is 4.79 Å². The van der Waals surface area contributed by atoms with E-state index in [4.69, 9.17) is 0 Å². The van der Waals surface area contributed by atoms with Gasteiger partial charge in [-0.25, -0.2) is 9.18 Å². The van der Waals surface area contributed by atoms with Crippen molar-refractivity contribution in [1.29, 1.82) is 0 Å². The Morgan fingerprint density at radius 3 is 2.44 bits per heavy atom. The molecule has 136 valence electrons. The van der Waals surface area contributed by atoms with Crippen LogP contribution < -0.4 is 16.0 Å². The number of rotatable bonds is 3. The zero-order chi connectivity index (χ0) is 19.0. The summed E-state index contributed by atoms with van der Waals surface area (Å²) in [5.41, 5.74) is 3.78. The molecule has 1 aliphatic rings. The van der Waals surface area contributed by atoms with Crippen molar-refractivity contribution in [3.05, 3.63) is 71.0 Å². The minimum absolute atomic E-state index is 0.338. The maximum Gasteiger partial charge on any atom is 0.319 e. The number of hydrogen-bond donors (Lipinski definition) is 3. The Labute approximate surface area is 155 Å². The van der Waals surface area contributed by atoms with Crippen LogP contribution in [0.4, 0.5) is 20.6 Å². The molecule has 5 nitrogen and oxygen atoms in total. The predicted octanol–water partition coefficient (Wildman–Crippen LogP) is 4.08.